The summed E-state index contributed by atoms with van der Waals surface area (Å²) in [5, 5.41) is 4.26. The summed E-state index contributed by atoms with van der Waals surface area (Å²) in [6, 6.07) is 3.63. The van der Waals surface area contributed by atoms with Gasteiger partial charge in [-0.2, -0.15) is 10.1 Å². The average molecular weight is 272 g/mol. The third kappa shape index (κ3) is 2.18. The normalized spacial score (nSPS) is 11.1. The smallest absolute Gasteiger partial charge is 0.215 e. The molecule has 3 heterocycles. The Kier molecular flexibility index (Phi) is 3.02. The summed E-state index contributed by atoms with van der Waals surface area (Å²) < 4.78 is 8.89. The molecule has 0 aromatic carbocycles. The van der Waals surface area contributed by atoms with Gasteiger partial charge in [0.05, 0.1) is 19.9 Å². The summed E-state index contributed by atoms with van der Waals surface area (Å²) in [6.07, 6.45) is 3.82. The number of hydrogen-bond donors (Lipinski definition) is 1. The highest BCUT2D eigenvalue weighted by molar-refractivity contribution is 5.74. The lowest BCUT2D eigenvalue weighted by Gasteiger charge is -2.06. The average Bonchev–Trinajstić information content (AvgIpc) is 2.98. The number of nitrogen functional groups attached to an aromatic ring is 1. The molecule has 0 atom stereocenters. The van der Waals surface area contributed by atoms with E-state index in [4.69, 9.17) is 10.5 Å². The highest BCUT2D eigenvalue weighted by atomic mass is 16.5. The summed E-state index contributed by atoms with van der Waals surface area (Å²) in [5.41, 5.74) is 8.58. The van der Waals surface area contributed by atoms with Crippen molar-refractivity contribution in [1.82, 2.24) is 24.3 Å². The minimum Gasteiger partial charge on any atom is -0.481 e. The number of aryl methyl sites for hydroxylation is 3. The van der Waals surface area contributed by atoms with Gasteiger partial charge in [0, 0.05) is 18.8 Å². The summed E-state index contributed by atoms with van der Waals surface area (Å²) in [7, 11) is 1.59. The number of nitrogens with two attached hydrogens (primary N) is 1. The van der Waals surface area contributed by atoms with E-state index < -0.39 is 0 Å². The summed E-state index contributed by atoms with van der Waals surface area (Å²) in [4.78, 5) is 8.70. The Labute approximate surface area is 116 Å². The van der Waals surface area contributed by atoms with Crippen molar-refractivity contribution in [3.63, 3.8) is 0 Å². The Morgan fingerprint density at radius 2 is 2.10 bits per heavy atom. The van der Waals surface area contributed by atoms with Gasteiger partial charge in [-0.25, -0.2) is 4.98 Å². The third-order valence-electron chi connectivity index (χ3n) is 3.12. The van der Waals surface area contributed by atoms with Crippen LogP contribution in [0.4, 0.5) is 5.95 Å². The SMILES string of the molecule is COc1ccc2nc(N)n(CCn3cc(C)cn3)c2n1. The summed E-state index contributed by atoms with van der Waals surface area (Å²) in [6.45, 7) is 3.38. The Bertz CT molecular complexity index is 744. The lowest BCUT2D eigenvalue weighted by Crippen LogP contribution is -2.10. The number of nitrogens with zero attached hydrogens (tertiary/aromatic N) is 5. The largest absolute Gasteiger partial charge is 0.481 e. The lowest BCUT2D eigenvalue weighted by atomic mass is 10.4. The van der Waals surface area contributed by atoms with Crippen molar-refractivity contribution in [2.45, 2.75) is 20.0 Å². The van der Waals surface area contributed by atoms with E-state index in [1.165, 1.54) is 0 Å². The zero-order chi connectivity index (χ0) is 14.1. The summed E-state index contributed by atoms with van der Waals surface area (Å²) >= 11 is 0. The molecule has 3 aromatic rings. The fourth-order valence-electron chi connectivity index (χ4n) is 2.13. The van der Waals surface area contributed by atoms with Gasteiger partial charge in [0.15, 0.2) is 5.65 Å². The first-order valence-electron chi connectivity index (χ1n) is 6.33. The highest BCUT2D eigenvalue weighted by Crippen LogP contribution is 2.19. The van der Waals surface area contributed by atoms with E-state index in [9.17, 15) is 0 Å². The minimum atomic E-state index is 0.449. The molecule has 0 radical (unpaired) electrons. The molecule has 104 valence electrons. The summed E-state index contributed by atoms with van der Waals surface area (Å²) in [5.74, 6) is 0.998. The number of fused-ring (bicyclic) bond motifs is 1. The van der Waals surface area contributed by atoms with E-state index in [2.05, 4.69) is 15.1 Å². The van der Waals surface area contributed by atoms with Gasteiger partial charge < -0.3 is 10.5 Å². The van der Waals surface area contributed by atoms with Gasteiger partial charge in [-0.15, -0.1) is 0 Å². The molecule has 0 aliphatic heterocycles. The number of anilines is 1. The fourth-order valence-corrected chi connectivity index (χ4v) is 2.13. The van der Waals surface area contributed by atoms with E-state index in [-0.39, 0.29) is 0 Å². The second-order valence-corrected chi connectivity index (χ2v) is 4.60. The molecule has 0 saturated heterocycles. The predicted octanol–water partition coefficient (Wildman–Crippen LogP) is 1.23. The van der Waals surface area contributed by atoms with Crippen LogP contribution in [0.3, 0.4) is 0 Å². The van der Waals surface area contributed by atoms with Crippen LogP contribution in [0.5, 0.6) is 5.88 Å². The van der Waals surface area contributed by atoms with Gasteiger partial charge in [-0.3, -0.25) is 9.25 Å². The highest BCUT2D eigenvalue weighted by Gasteiger charge is 2.10. The maximum Gasteiger partial charge on any atom is 0.215 e. The van der Waals surface area contributed by atoms with Crippen LogP contribution in [0.1, 0.15) is 5.56 Å². The number of pyridine rings is 1. The maximum atomic E-state index is 5.96. The topological polar surface area (TPSA) is 83.8 Å². The first-order chi connectivity index (χ1) is 9.67. The molecule has 0 aliphatic rings. The standard InChI is InChI=1S/C13H16N6O/c1-9-7-15-18(8-9)5-6-19-12-10(16-13(19)14)3-4-11(17-12)20-2/h3-4,7-8H,5-6H2,1-2H3,(H2,14,16). The number of imidazole rings is 1. The van der Waals surface area contributed by atoms with E-state index in [0.717, 1.165) is 16.7 Å². The predicted molar refractivity (Wildman–Crippen MR) is 75.5 cm³/mol. The van der Waals surface area contributed by atoms with Gasteiger partial charge in [0.25, 0.3) is 0 Å². The molecule has 3 aromatic heterocycles. The van der Waals surface area contributed by atoms with Crippen LogP contribution in [-0.4, -0.2) is 31.4 Å². The molecule has 0 spiro atoms. The van der Waals surface area contributed by atoms with Crippen LogP contribution in [0.25, 0.3) is 11.2 Å². The molecule has 7 heteroatoms. The minimum absolute atomic E-state index is 0.449. The van der Waals surface area contributed by atoms with Crippen LogP contribution in [-0.2, 0) is 13.1 Å². The van der Waals surface area contributed by atoms with Crippen molar-refractivity contribution in [3.8, 4) is 5.88 Å². The number of methoxy groups -OCH3 is 1. The van der Waals surface area contributed by atoms with Crippen molar-refractivity contribution in [1.29, 1.82) is 0 Å². The van der Waals surface area contributed by atoms with Gasteiger partial charge in [0.1, 0.15) is 5.52 Å². The van der Waals surface area contributed by atoms with Crippen molar-refractivity contribution in [3.05, 3.63) is 30.1 Å². The first-order valence-corrected chi connectivity index (χ1v) is 6.33. The van der Waals surface area contributed by atoms with Gasteiger partial charge in [-0.1, -0.05) is 0 Å². The Balaban J connectivity index is 1.91. The van der Waals surface area contributed by atoms with Crippen LogP contribution in [0.15, 0.2) is 24.5 Å². The number of rotatable bonds is 4. The Hall–Kier alpha value is -2.57. The van der Waals surface area contributed by atoms with Crippen LogP contribution in [0.2, 0.25) is 0 Å². The van der Waals surface area contributed by atoms with E-state index >= 15 is 0 Å². The van der Waals surface area contributed by atoms with Gasteiger partial charge >= 0.3 is 0 Å². The molecule has 0 unspecified atom stereocenters. The molecule has 0 aliphatic carbocycles. The number of aromatic nitrogens is 5. The van der Waals surface area contributed by atoms with Crippen molar-refractivity contribution < 1.29 is 4.74 Å². The molecular formula is C13H16N6O. The first kappa shape index (κ1) is 12.5. The van der Waals surface area contributed by atoms with Gasteiger partial charge in [0.2, 0.25) is 11.8 Å². The third-order valence-corrected chi connectivity index (χ3v) is 3.12. The lowest BCUT2D eigenvalue weighted by molar-refractivity contribution is 0.398. The molecule has 0 bridgehead atoms. The van der Waals surface area contributed by atoms with Crippen molar-refractivity contribution in [2.75, 3.05) is 12.8 Å². The van der Waals surface area contributed by atoms with Crippen molar-refractivity contribution >= 4 is 17.1 Å². The van der Waals surface area contributed by atoms with Crippen LogP contribution < -0.4 is 10.5 Å². The molecule has 2 N–H and O–H groups in total. The monoisotopic (exact) mass is 272 g/mol. The molecule has 0 amide bonds. The van der Waals surface area contributed by atoms with E-state index in [1.54, 1.807) is 13.2 Å². The zero-order valence-corrected chi connectivity index (χ0v) is 11.4. The molecule has 0 saturated carbocycles. The van der Waals surface area contributed by atoms with Gasteiger partial charge in [-0.05, 0) is 18.6 Å². The zero-order valence-electron chi connectivity index (χ0n) is 11.4. The molecule has 7 nitrogen and oxygen atoms in total. The molecule has 3 rings (SSSR count). The fraction of sp³-hybridized carbons (Fsp3) is 0.308. The number of hydrogen-bond acceptors (Lipinski definition) is 5. The number of ether oxygens (including phenoxy) is 1. The maximum absolute atomic E-state index is 5.96. The molecule has 20 heavy (non-hydrogen) atoms. The van der Waals surface area contributed by atoms with Crippen LogP contribution >= 0.6 is 0 Å². The second-order valence-electron chi connectivity index (χ2n) is 4.60. The Morgan fingerprint density at radius 1 is 1.25 bits per heavy atom. The second kappa shape index (κ2) is 4.84. The van der Waals surface area contributed by atoms with E-state index in [1.807, 2.05) is 34.6 Å². The quantitative estimate of drug-likeness (QED) is 0.772. The molecule has 0 fully saturated rings. The van der Waals surface area contributed by atoms with Crippen molar-refractivity contribution in [2.24, 2.45) is 0 Å². The van der Waals surface area contributed by atoms with Crippen LogP contribution in [0, 0.1) is 6.92 Å². The molecular weight excluding hydrogens is 256 g/mol. The van der Waals surface area contributed by atoms with E-state index in [0.29, 0.717) is 24.9 Å². The Morgan fingerprint density at radius 3 is 2.80 bits per heavy atom.